The molecule has 0 heterocycles. The molecule has 0 aromatic heterocycles. The minimum Gasteiger partial charge on any atom is -0.482 e. The first-order valence-electron chi connectivity index (χ1n) is 6.24. The molecule has 0 bridgehead atoms. The Bertz CT molecular complexity index is 508. The van der Waals surface area contributed by atoms with Crippen LogP contribution in [0.4, 0.5) is 0 Å². The van der Waals surface area contributed by atoms with Crippen LogP contribution in [-0.2, 0) is 9.59 Å². The highest BCUT2D eigenvalue weighted by molar-refractivity contribution is 5.77. The third kappa shape index (κ3) is 5.87. The van der Waals surface area contributed by atoms with Gasteiger partial charge in [0.15, 0.2) is 6.61 Å². The summed E-state index contributed by atoms with van der Waals surface area (Å²) in [6.07, 6.45) is 1.22. The summed E-state index contributed by atoms with van der Waals surface area (Å²) in [5, 5.41) is 19.9. The van der Waals surface area contributed by atoms with Crippen LogP contribution in [0.5, 0.6) is 5.75 Å². The maximum Gasteiger partial charge on any atom is 0.303 e. The predicted molar refractivity (Wildman–Crippen MR) is 71.1 cm³/mol. The van der Waals surface area contributed by atoms with E-state index < -0.39 is 5.97 Å². The summed E-state index contributed by atoms with van der Waals surface area (Å²) in [7, 11) is 0. The molecule has 20 heavy (non-hydrogen) atoms. The lowest BCUT2D eigenvalue weighted by Gasteiger charge is -2.08. The number of ether oxygens (including phenoxy) is 1. The van der Waals surface area contributed by atoms with Crippen molar-refractivity contribution in [2.24, 2.45) is 0 Å². The second-order valence-corrected chi connectivity index (χ2v) is 4.10. The first kappa shape index (κ1) is 15.5. The van der Waals surface area contributed by atoms with Gasteiger partial charge in [0.2, 0.25) is 0 Å². The van der Waals surface area contributed by atoms with E-state index in [2.05, 4.69) is 5.32 Å². The van der Waals surface area contributed by atoms with E-state index in [-0.39, 0.29) is 18.9 Å². The van der Waals surface area contributed by atoms with Gasteiger partial charge in [0.05, 0.1) is 5.56 Å². The molecule has 106 valence electrons. The van der Waals surface area contributed by atoms with Crippen LogP contribution in [0.1, 0.15) is 24.8 Å². The number of nitrogens with zero attached hydrogens (tertiary/aromatic N) is 1. The van der Waals surface area contributed by atoms with Crippen molar-refractivity contribution in [3.8, 4) is 11.8 Å². The van der Waals surface area contributed by atoms with Gasteiger partial charge in [-0.05, 0) is 25.0 Å². The summed E-state index contributed by atoms with van der Waals surface area (Å²) >= 11 is 0. The molecule has 6 heteroatoms. The SMILES string of the molecule is N#Cc1ccccc1OCC(=O)NCCCCC(=O)O. The minimum absolute atomic E-state index is 0.0991. The number of nitrogens with one attached hydrogen (secondary N) is 1. The van der Waals surface area contributed by atoms with Gasteiger partial charge >= 0.3 is 5.97 Å². The molecule has 0 aliphatic rings. The topological polar surface area (TPSA) is 99.4 Å². The van der Waals surface area contributed by atoms with Gasteiger partial charge in [-0.2, -0.15) is 5.26 Å². The van der Waals surface area contributed by atoms with Gasteiger partial charge in [-0.1, -0.05) is 12.1 Å². The number of para-hydroxylation sites is 1. The normalized spacial score (nSPS) is 9.55. The lowest BCUT2D eigenvalue weighted by atomic mass is 10.2. The van der Waals surface area contributed by atoms with Crippen LogP contribution in [0.3, 0.4) is 0 Å². The van der Waals surface area contributed by atoms with Crippen molar-refractivity contribution >= 4 is 11.9 Å². The Kier molecular flexibility index (Phi) is 6.62. The van der Waals surface area contributed by atoms with Gasteiger partial charge in [0.1, 0.15) is 11.8 Å². The Balaban J connectivity index is 2.23. The lowest BCUT2D eigenvalue weighted by Crippen LogP contribution is -2.29. The number of unbranched alkanes of at least 4 members (excludes halogenated alkanes) is 1. The molecular formula is C14H16N2O4. The van der Waals surface area contributed by atoms with Gasteiger partial charge in [-0.25, -0.2) is 0 Å². The fraction of sp³-hybridized carbons (Fsp3) is 0.357. The van der Waals surface area contributed by atoms with Crippen molar-refractivity contribution in [3.63, 3.8) is 0 Å². The molecule has 1 aromatic rings. The third-order valence-corrected chi connectivity index (χ3v) is 2.51. The number of hydrogen-bond donors (Lipinski definition) is 2. The molecule has 0 atom stereocenters. The average Bonchev–Trinajstić information content (AvgIpc) is 2.44. The van der Waals surface area contributed by atoms with Gasteiger partial charge in [0.25, 0.3) is 5.91 Å². The number of carboxylic acid groups (broad SMARTS) is 1. The van der Waals surface area contributed by atoms with E-state index in [9.17, 15) is 9.59 Å². The Hall–Kier alpha value is -2.55. The van der Waals surface area contributed by atoms with Crippen molar-refractivity contribution in [1.29, 1.82) is 5.26 Å². The summed E-state index contributed by atoms with van der Waals surface area (Å²) in [6, 6.07) is 8.65. The lowest BCUT2D eigenvalue weighted by molar-refractivity contribution is -0.137. The van der Waals surface area contributed by atoms with E-state index in [4.69, 9.17) is 15.1 Å². The van der Waals surface area contributed by atoms with E-state index in [1.807, 2.05) is 6.07 Å². The number of hydrogen-bond acceptors (Lipinski definition) is 4. The van der Waals surface area contributed by atoms with Gasteiger partial charge in [-0.15, -0.1) is 0 Å². The molecule has 1 aromatic carbocycles. The summed E-state index contributed by atoms with van der Waals surface area (Å²) in [5.74, 6) is -0.767. The molecule has 0 aliphatic heterocycles. The molecule has 0 spiro atoms. The van der Waals surface area contributed by atoms with E-state index in [0.29, 0.717) is 30.7 Å². The Morgan fingerprint density at radius 2 is 2.05 bits per heavy atom. The van der Waals surface area contributed by atoms with Crippen LogP contribution < -0.4 is 10.1 Å². The van der Waals surface area contributed by atoms with Crippen LogP contribution in [0.15, 0.2) is 24.3 Å². The second kappa shape index (κ2) is 8.53. The summed E-state index contributed by atoms with van der Waals surface area (Å²) in [5.41, 5.74) is 0.377. The zero-order chi connectivity index (χ0) is 14.8. The van der Waals surface area contributed by atoms with Crippen LogP contribution in [0, 0.1) is 11.3 Å². The van der Waals surface area contributed by atoms with Crippen LogP contribution in [0.25, 0.3) is 0 Å². The molecule has 1 amide bonds. The van der Waals surface area contributed by atoms with Crippen LogP contribution in [-0.4, -0.2) is 30.1 Å². The molecule has 0 fully saturated rings. The van der Waals surface area contributed by atoms with Gasteiger partial charge in [-0.3, -0.25) is 9.59 Å². The van der Waals surface area contributed by atoms with E-state index >= 15 is 0 Å². The molecule has 1 rings (SSSR count). The number of benzene rings is 1. The number of nitriles is 1. The Labute approximate surface area is 117 Å². The molecule has 0 saturated heterocycles. The van der Waals surface area contributed by atoms with Crippen molar-refractivity contribution in [2.75, 3.05) is 13.2 Å². The minimum atomic E-state index is -0.840. The summed E-state index contributed by atoms with van der Waals surface area (Å²) < 4.78 is 5.26. The quantitative estimate of drug-likeness (QED) is 0.697. The average molecular weight is 276 g/mol. The van der Waals surface area contributed by atoms with Crippen LogP contribution in [0.2, 0.25) is 0 Å². The van der Waals surface area contributed by atoms with Gasteiger partial charge < -0.3 is 15.2 Å². The molecule has 0 saturated carbocycles. The number of carbonyl (C=O) groups excluding carboxylic acids is 1. The first-order chi connectivity index (χ1) is 9.63. The van der Waals surface area contributed by atoms with Crippen molar-refractivity contribution in [1.82, 2.24) is 5.32 Å². The highest BCUT2D eigenvalue weighted by Gasteiger charge is 2.05. The van der Waals surface area contributed by atoms with Crippen molar-refractivity contribution in [2.45, 2.75) is 19.3 Å². The zero-order valence-corrected chi connectivity index (χ0v) is 11.0. The van der Waals surface area contributed by atoms with E-state index in [1.165, 1.54) is 0 Å². The highest BCUT2D eigenvalue weighted by Crippen LogP contribution is 2.15. The number of aliphatic carboxylic acids is 1. The number of carboxylic acids is 1. The fourth-order valence-electron chi connectivity index (χ4n) is 1.51. The molecule has 0 unspecified atom stereocenters. The maximum absolute atomic E-state index is 11.5. The monoisotopic (exact) mass is 276 g/mol. The number of carbonyl (C=O) groups is 2. The molecule has 6 nitrogen and oxygen atoms in total. The highest BCUT2D eigenvalue weighted by atomic mass is 16.5. The number of rotatable bonds is 8. The van der Waals surface area contributed by atoms with Gasteiger partial charge in [0, 0.05) is 13.0 Å². The Morgan fingerprint density at radius 3 is 2.75 bits per heavy atom. The smallest absolute Gasteiger partial charge is 0.303 e. The zero-order valence-electron chi connectivity index (χ0n) is 11.0. The first-order valence-corrected chi connectivity index (χ1v) is 6.24. The maximum atomic E-state index is 11.5. The van der Waals surface area contributed by atoms with Crippen LogP contribution >= 0.6 is 0 Å². The van der Waals surface area contributed by atoms with Crippen molar-refractivity contribution < 1.29 is 19.4 Å². The third-order valence-electron chi connectivity index (χ3n) is 2.51. The molecule has 2 N–H and O–H groups in total. The predicted octanol–water partition coefficient (Wildman–Crippen LogP) is 1.31. The largest absolute Gasteiger partial charge is 0.482 e. The van der Waals surface area contributed by atoms with Crippen molar-refractivity contribution in [3.05, 3.63) is 29.8 Å². The van der Waals surface area contributed by atoms with E-state index in [1.54, 1.807) is 24.3 Å². The Morgan fingerprint density at radius 1 is 1.30 bits per heavy atom. The number of amides is 1. The fourth-order valence-corrected chi connectivity index (χ4v) is 1.51. The summed E-state index contributed by atoms with van der Waals surface area (Å²) in [6.45, 7) is 0.243. The molecule has 0 radical (unpaired) electrons. The molecular weight excluding hydrogens is 260 g/mol. The standard InChI is InChI=1S/C14H16N2O4/c15-9-11-5-1-2-6-12(11)20-10-13(17)16-8-4-3-7-14(18)19/h1-2,5-6H,3-4,7-8,10H2,(H,16,17)(H,18,19). The second-order valence-electron chi connectivity index (χ2n) is 4.10. The summed E-state index contributed by atoms with van der Waals surface area (Å²) in [4.78, 5) is 21.8. The van der Waals surface area contributed by atoms with E-state index in [0.717, 1.165) is 0 Å². The molecule has 0 aliphatic carbocycles.